The van der Waals surface area contributed by atoms with Gasteiger partial charge in [-0.05, 0) is 78.9 Å². The van der Waals surface area contributed by atoms with Crippen molar-refractivity contribution in [3.63, 3.8) is 0 Å². The van der Waals surface area contributed by atoms with Crippen molar-refractivity contribution < 1.29 is 4.42 Å². The average Bonchev–Trinajstić information content (AvgIpc) is 4.10. The first-order chi connectivity index (χ1) is 28.3. The highest BCUT2D eigenvalue weighted by molar-refractivity contribution is 7.30. The van der Waals surface area contributed by atoms with Gasteiger partial charge in [0.2, 0.25) is 11.8 Å². The zero-order chi connectivity index (χ0) is 37.2. The summed E-state index contributed by atoms with van der Waals surface area (Å²) in [5, 5.41) is 19.3. The second-order valence-corrected chi connectivity index (χ2v) is 16.7. The molecule has 0 saturated heterocycles. The topological polar surface area (TPSA) is 48.8 Å². The molecule has 0 aliphatic rings. The Labute approximate surface area is 332 Å². The summed E-state index contributed by atoms with van der Waals surface area (Å²) in [6, 6.07) is 60.6. The van der Waals surface area contributed by atoms with E-state index < -0.39 is 0 Å². The SMILES string of the molecule is c1ccc(-n2c3ccccc3c3cc(-c4nnc(-c5ccc(-n6c7ccccc7c7c8sc9ccccc9c8c8sc9ccccc9c8c76)cc5)o4)ccc32)cc1. The highest BCUT2D eigenvalue weighted by Crippen LogP contribution is 2.52. The van der Waals surface area contributed by atoms with E-state index in [4.69, 9.17) is 4.42 Å². The Morgan fingerprint density at radius 1 is 0.386 bits per heavy atom. The van der Waals surface area contributed by atoms with Crippen molar-refractivity contribution >= 4 is 107 Å². The van der Waals surface area contributed by atoms with Crippen LogP contribution in [-0.2, 0) is 0 Å². The zero-order valence-electron chi connectivity index (χ0n) is 30.2. The van der Waals surface area contributed by atoms with Gasteiger partial charge >= 0.3 is 0 Å². The predicted molar refractivity (Wildman–Crippen MR) is 240 cm³/mol. The third-order valence-electron chi connectivity index (χ3n) is 11.5. The third-order valence-corrected chi connectivity index (χ3v) is 13.9. The van der Waals surface area contributed by atoms with Gasteiger partial charge in [0.15, 0.2) is 0 Å². The van der Waals surface area contributed by atoms with Crippen LogP contribution in [0.25, 0.3) is 118 Å². The highest BCUT2D eigenvalue weighted by atomic mass is 32.1. The Hall–Kier alpha value is -7.06. The predicted octanol–water partition coefficient (Wildman–Crippen LogP) is 14.3. The van der Waals surface area contributed by atoms with Gasteiger partial charge in [0.1, 0.15) is 0 Å². The van der Waals surface area contributed by atoms with E-state index in [1.807, 2.05) is 28.7 Å². The number of hydrogen-bond donors (Lipinski definition) is 0. The summed E-state index contributed by atoms with van der Waals surface area (Å²) in [6.45, 7) is 0. The van der Waals surface area contributed by atoms with Crippen LogP contribution in [0.15, 0.2) is 174 Å². The van der Waals surface area contributed by atoms with Gasteiger partial charge in [-0.15, -0.1) is 32.9 Å². The van der Waals surface area contributed by atoms with Gasteiger partial charge in [-0.25, -0.2) is 0 Å². The fourth-order valence-electron chi connectivity index (χ4n) is 9.05. The molecule has 0 aliphatic heterocycles. The van der Waals surface area contributed by atoms with Gasteiger partial charge in [-0.2, -0.15) is 0 Å². The molecule has 0 atom stereocenters. The molecule has 0 fully saturated rings. The van der Waals surface area contributed by atoms with Gasteiger partial charge in [-0.1, -0.05) is 91.0 Å². The van der Waals surface area contributed by atoms with E-state index in [1.54, 1.807) is 0 Å². The number of hydrogen-bond acceptors (Lipinski definition) is 5. The summed E-state index contributed by atoms with van der Waals surface area (Å²) in [4.78, 5) is 0. The molecule has 0 unspecified atom stereocenters. The number of nitrogens with zero attached hydrogens (tertiary/aromatic N) is 4. The first kappa shape index (κ1) is 31.2. The second-order valence-electron chi connectivity index (χ2n) is 14.6. The molecule has 13 rings (SSSR count). The second kappa shape index (κ2) is 11.7. The molecule has 0 spiro atoms. The molecule has 0 amide bonds. The molecule has 266 valence electrons. The molecule has 13 aromatic rings. The molecule has 5 heterocycles. The van der Waals surface area contributed by atoms with Crippen LogP contribution in [0.4, 0.5) is 0 Å². The van der Waals surface area contributed by atoms with Crippen molar-refractivity contribution in [2.45, 2.75) is 0 Å². The Morgan fingerprint density at radius 2 is 0.895 bits per heavy atom. The van der Waals surface area contributed by atoms with E-state index >= 15 is 0 Å². The maximum absolute atomic E-state index is 6.42. The Bertz CT molecular complexity index is 3720. The van der Waals surface area contributed by atoms with Gasteiger partial charge in [0.25, 0.3) is 0 Å². The van der Waals surface area contributed by atoms with Crippen molar-refractivity contribution in [3.05, 3.63) is 170 Å². The Kier molecular flexibility index (Phi) is 6.41. The lowest BCUT2D eigenvalue weighted by atomic mass is 10.0. The van der Waals surface area contributed by atoms with E-state index in [0.717, 1.165) is 38.9 Å². The standard InChI is InChI=1S/C50H28N4OS2/c1-2-12-31(13-3-1)53-38-18-8-4-14-33(38)37-28-30(24-27-40(37)53)50-52-51-49(55-50)29-22-25-32(26-23-29)54-39-19-9-5-15-34(39)43-46(54)44-35-16-6-10-20-41(35)56-48(44)45-36-17-7-11-21-42(36)57-47(43)45/h1-28H. The Balaban J connectivity index is 0.963. The fourth-order valence-corrected chi connectivity index (χ4v) is 11.7. The minimum absolute atomic E-state index is 0.490. The quantitative estimate of drug-likeness (QED) is 0.179. The van der Waals surface area contributed by atoms with Crippen LogP contribution in [0.3, 0.4) is 0 Å². The van der Waals surface area contributed by atoms with Gasteiger partial charge in [0.05, 0.1) is 22.1 Å². The number of aromatic nitrogens is 4. The lowest BCUT2D eigenvalue weighted by Gasteiger charge is -2.10. The molecule has 0 N–H and O–H groups in total. The summed E-state index contributed by atoms with van der Waals surface area (Å²) in [5.41, 5.74) is 8.70. The normalized spacial score (nSPS) is 12.2. The molecular formula is C50H28N4OS2. The molecule has 0 bridgehead atoms. The minimum atomic E-state index is 0.490. The maximum atomic E-state index is 6.42. The monoisotopic (exact) mass is 764 g/mol. The van der Waals surface area contributed by atoms with Crippen LogP contribution in [-0.4, -0.2) is 19.3 Å². The number of para-hydroxylation sites is 3. The van der Waals surface area contributed by atoms with Crippen LogP contribution in [0.5, 0.6) is 0 Å². The van der Waals surface area contributed by atoms with Crippen molar-refractivity contribution in [1.29, 1.82) is 0 Å². The first-order valence-corrected chi connectivity index (χ1v) is 20.6. The molecule has 5 aromatic heterocycles. The number of thiophene rings is 2. The average molecular weight is 765 g/mol. The maximum Gasteiger partial charge on any atom is 0.248 e. The van der Waals surface area contributed by atoms with Crippen molar-refractivity contribution in [3.8, 4) is 34.3 Å². The van der Waals surface area contributed by atoms with Crippen molar-refractivity contribution in [1.82, 2.24) is 19.3 Å². The van der Waals surface area contributed by atoms with Crippen LogP contribution >= 0.6 is 22.7 Å². The summed E-state index contributed by atoms with van der Waals surface area (Å²) in [6.07, 6.45) is 0. The van der Waals surface area contributed by atoms with E-state index in [2.05, 4.69) is 183 Å². The molecular weight excluding hydrogens is 737 g/mol. The zero-order valence-corrected chi connectivity index (χ0v) is 31.8. The van der Waals surface area contributed by atoms with Crippen LogP contribution in [0.2, 0.25) is 0 Å². The van der Waals surface area contributed by atoms with Gasteiger partial charge in [0, 0.05) is 84.4 Å². The number of benzene rings is 8. The molecule has 57 heavy (non-hydrogen) atoms. The smallest absolute Gasteiger partial charge is 0.248 e. The molecule has 8 aromatic carbocycles. The van der Waals surface area contributed by atoms with E-state index in [1.165, 1.54) is 67.5 Å². The van der Waals surface area contributed by atoms with Crippen molar-refractivity contribution in [2.24, 2.45) is 0 Å². The molecule has 0 saturated carbocycles. The van der Waals surface area contributed by atoms with Gasteiger partial charge < -0.3 is 13.6 Å². The fraction of sp³-hybridized carbons (Fsp3) is 0. The van der Waals surface area contributed by atoms with Crippen LogP contribution in [0, 0.1) is 0 Å². The molecule has 5 nitrogen and oxygen atoms in total. The molecule has 0 aliphatic carbocycles. The minimum Gasteiger partial charge on any atom is -0.416 e. The first-order valence-electron chi connectivity index (χ1n) is 19.0. The van der Waals surface area contributed by atoms with Gasteiger partial charge in [-0.3, -0.25) is 0 Å². The summed E-state index contributed by atoms with van der Waals surface area (Å²) >= 11 is 3.81. The number of fused-ring (bicyclic) bond motifs is 15. The van der Waals surface area contributed by atoms with Crippen LogP contribution in [0.1, 0.15) is 0 Å². The summed E-state index contributed by atoms with van der Waals surface area (Å²) in [5.74, 6) is 0.984. The third kappa shape index (κ3) is 4.38. The highest BCUT2D eigenvalue weighted by Gasteiger charge is 2.24. The Morgan fingerprint density at radius 3 is 1.61 bits per heavy atom. The largest absolute Gasteiger partial charge is 0.416 e. The summed E-state index contributed by atoms with van der Waals surface area (Å²) < 4.78 is 16.5. The van der Waals surface area contributed by atoms with E-state index in [9.17, 15) is 0 Å². The van der Waals surface area contributed by atoms with Crippen LogP contribution < -0.4 is 0 Å². The van der Waals surface area contributed by atoms with Crippen molar-refractivity contribution in [2.75, 3.05) is 0 Å². The number of rotatable bonds is 4. The lowest BCUT2D eigenvalue weighted by molar-refractivity contribution is 0.584. The van der Waals surface area contributed by atoms with E-state index in [0.29, 0.717) is 11.8 Å². The molecule has 7 heteroatoms. The molecule has 0 radical (unpaired) electrons. The summed E-state index contributed by atoms with van der Waals surface area (Å²) in [7, 11) is 0. The lowest BCUT2D eigenvalue weighted by Crippen LogP contribution is -1.94. The van der Waals surface area contributed by atoms with E-state index in [-0.39, 0.29) is 0 Å².